The average Bonchev–Trinajstić information content (AvgIpc) is 2.81. The second-order valence-electron chi connectivity index (χ2n) is 3.56. The summed E-state index contributed by atoms with van der Waals surface area (Å²) in [6.07, 6.45) is 0. The molecule has 0 amide bonds. The Morgan fingerprint density at radius 3 is 2.61 bits per heavy atom. The van der Waals surface area contributed by atoms with Crippen molar-refractivity contribution in [3.8, 4) is 16.3 Å². The topological polar surface area (TPSA) is 39.2 Å². The summed E-state index contributed by atoms with van der Waals surface area (Å²) >= 11 is 1.09. The Morgan fingerprint density at radius 2 is 2.06 bits per heavy atom. The molecule has 94 valence electrons. The number of aromatic nitrogens is 1. The summed E-state index contributed by atoms with van der Waals surface area (Å²) in [5.74, 6) is -1.70. The molecular formula is C12H9F2NO2S. The molecule has 0 radical (unpaired) electrons. The number of halogens is 2. The minimum atomic E-state index is -0.673. The summed E-state index contributed by atoms with van der Waals surface area (Å²) in [5.41, 5.74) is 0.261. The van der Waals surface area contributed by atoms with Gasteiger partial charge in [-0.05, 0) is 6.07 Å². The number of ether oxygens (including phenoxy) is 1. The van der Waals surface area contributed by atoms with Crippen molar-refractivity contribution >= 4 is 17.1 Å². The first kappa shape index (κ1) is 12.6. The van der Waals surface area contributed by atoms with Crippen LogP contribution in [0, 0.1) is 11.6 Å². The van der Waals surface area contributed by atoms with Gasteiger partial charge in [0.15, 0.2) is 17.3 Å². The van der Waals surface area contributed by atoms with Crippen LogP contribution in [0.1, 0.15) is 17.4 Å². The number of thiazole rings is 1. The minimum absolute atomic E-state index is 0.0193. The maximum atomic E-state index is 13.7. The molecule has 1 aromatic carbocycles. The highest BCUT2D eigenvalue weighted by Gasteiger charge is 2.15. The van der Waals surface area contributed by atoms with Gasteiger partial charge < -0.3 is 4.74 Å². The molecule has 0 bridgehead atoms. The van der Waals surface area contributed by atoms with Crippen molar-refractivity contribution in [1.29, 1.82) is 0 Å². The predicted octanol–water partition coefficient (Wildman–Crippen LogP) is 3.30. The lowest BCUT2D eigenvalue weighted by Crippen LogP contribution is -1.94. The van der Waals surface area contributed by atoms with Crippen molar-refractivity contribution in [2.75, 3.05) is 7.11 Å². The standard InChI is InChI=1S/C12H9F2NO2S/c1-6(16)10-5-18-12(15-10)7-3-9(14)11(17-2)4-8(7)13/h3-5H,1-2H3. The van der Waals surface area contributed by atoms with Crippen molar-refractivity contribution in [2.24, 2.45) is 0 Å². The van der Waals surface area contributed by atoms with E-state index in [1.54, 1.807) is 0 Å². The quantitative estimate of drug-likeness (QED) is 0.802. The molecule has 6 heteroatoms. The van der Waals surface area contributed by atoms with Crippen LogP contribution in [0.3, 0.4) is 0 Å². The number of methoxy groups -OCH3 is 1. The zero-order valence-corrected chi connectivity index (χ0v) is 10.5. The Hall–Kier alpha value is -1.82. The van der Waals surface area contributed by atoms with Crippen LogP contribution in [0.25, 0.3) is 10.6 Å². The monoisotopic (exact) mass is 269 g/mol. The fourth-order valence-electron chi connectivity index (χ4n) is 1.41. The third-order valence-electron chi connectivity index (χ3n) is 2.34. The summed E-state index contributed by atoms with van der Waals surface area (Å²) in [4.78, 5) is 15.1. The second kappa shape index (κ2) is 4.81. The zero-order chi connectivity index (χ0) is 13.3. The molecule has 0 aliphatic carbocycles. The summed E-state index contributed by atoms with van der Waals surface area (Å²) in [7, 11) is 1.26. The number of hydrogen-bond donors (Lipinski definition) is 0. The van der Waals surface area contributed by atoms with E-state index in [1.165, 1.54) is 19.4 Å². The highest BCUT2D eigenvalue weighted by atomic mass is 32.1. The van der Waals surface area contributed by atoms with Gasteiger partial charge >= 0.3 is 0 Å². The summed E-state index contributed by atoms with van der Waals surface area (Å²) in [6, 6.07) is 1.97. The first-order chi connectivity index (χ1) is 8.52. The molecule has 2 rings (SSSR count). The zero-order valence-electron chi connectivity index (χ0n) is 9.66. The normalized spacial score (nSPS) is 10.4. The number of Topliss-reactive ketones (excluding diaryl/α,β-unsaturated/α-hetero) is 1. The molecule has 3 nitrogen and oxygen atoms in total. The van der Waals surface area contributed by atoms with Crippen LogP contribution < -0.4 is 4.74 Å². The Labute approximate surface area is 106 Å². The van der Waals surface area contributed by atoms with Crippen LogP contribution in [0.2, 0.25) is 0 Å². The van der Waals surface area contributed by atoms with Gasteiger partial charge in [0.1, 0.15) is 16.5 Å². The molecule has 1 heterocycles. The molecule has 0 aliphatic heterocycles. The van der Waals surface area contributed by atoms with Crippen LogP contribution in [0.15, 0.2) is 17.5 Å². The Balaban J connectivity index is 2.50. The molecule has 18 heavy (non-hydrogen) atoms. The molecule has 0 N–H and O–H groups in total. The fraction of sp³-hybridized carbons (Fsp3) is 0.167. The molecule has 1 aromatic heterocycles. The second-order valence-corrected chi connectivity index (χ2v) is 4.42. The number of carbonyl (C=O) groups is 1. The number of ketones is 1. The maximum absolute atomic E-state index is 13.7. The van der Waals surface area contributed by atoms with Crippen LogP contribution in [-0.4, -0.2) is 17.9 Å². The third-order valence-corrected chi connectivity index (χ3v) is 3.21. The first-order valence-corrected chi connectivity index (χ1v) is 5.90. The Bertz CT molecular complexity index is 610. The summed E-state index contributed by atoms with van der Waals surface area (Å²) in [6.45, 7) is 1.36. The highest BCUT2D eigenvalue weighted by molar-refractivity contribution is 7.13. The van der Waals surface area contributed by atoms with Gasteiger partial charge in [-0.2, -0.15) is 0 Å². The van der Waals surface area contributed by atoms with E-state index in [4.69, 9.17) is 0 Å². The molecule has 0 saturated carbocycles. The fourth-order valence-corrected chi connectivity index (χ4v) is 2.28. The number of nitrogens with zero attached hydrogens (tertiary/aromatic N) is 1. The van der Waals surface area contributed by atoms with E-state index in [0.717, 1.165) is 23.5 Å². The van der Waals surface area contributed by atoms with E-state index < -0.39 is 11.6 Å². The smallest absolute Gasteiger partial charge is 0.178 e. The third kappa shape index (κ3) is 2.24. The lowest BCUT2D eigenvalue weighted by Gasteiger charge is -2.04. The van der Waals surface area contributed by atoms with E-state index in [0.29, 0.717) is 0 Å². The van der Waals surface area contributed by atoms with Crippen LogP contribution >= 0.6 is 11.3 Å². The average molecular weight is 269 g/mol. The lowest BCUT2D eigenvalue weighted by atomic mass is 10.2. The lowest BCUT2D eigenvalue weighted by molar-refractivity contribution is 0.101. The van der Waals surface area contributed by atoms with E-state index >= 15 is 0 Å². The van der Waals surface area contributed by atoms with Crippen LogP contribution in [-0.2, 0) is 0 Å². The predicted molar refractivity (Wildman–Crippen MR) is 64.0 cm³/mol. The molecule has 0 aliphatic rings. The number of hydrogen-bond acceptors (Lipinski definition) is 4. The molecule has 0 spiro atoms. The first-order valence-electron chi connectivity index (χ1n) is 5.02. The van der Waals surface area contributed by atoms with Crippen LogP contribution in [0.4, 0.5) is 8.78 Å². The van der Waals surface area contributed by atoms with E-state index in [-0.39, 0.29) is 27.8 Å². The van der Waals surface area contributed by atoms with E-state index in [9.17, 15) is 13.6 Å². The highest BCUT2D eigenvalue weighted by Crippen LogP contribution is 2.31. The largest absolute Gasteiger partial charge is 0.494 e. The molecular weight excluding hydrogens is 260 g/mol. The summed E-state index contributed by atoms with van der Waals surface area (Å²) < 4.78 is 31.9. The number of benzene rings is 1. The van der Waals surface area contributed by atoms with Gasteiger partial charge in [-0.15, -0.1) is 11.3 Å². The van der Waals surface area contributed by atoms with Crippen LogP contribution in [0.5, 0.6) is 5.75 Å². The van der Waals surface area contributed by atoms with Gasteiger partial charge in [0.25, 0.3) is 0 Å². The summed E-state index contributed by atoms with van der Waals surface area (Å²) in [5, 5.41) is 1.78. The molecule has 0 unspecified atom stereocenters. The van der Waals surface area contributed by atoms with Crippen molar-refractivity contribution < 1.29 is 18.3 Å². The Morgan fingerprint density at radius 1 is 1.33 bits per heavy atom. The van der Waals surface area contributed by atoms with Gasteiger partial charge in [-0.25, -0.2) is 13.8 Å². The minimum Gasteiger partial charge on any atom is -0.494 e. The van der Waals surface area contributed by atoms with Gasteiger partial charge in [0.05, 0.1) is 7.11 Å². The number of rotatable bonds is 3. The van der Waals surface area contributed by atoms with E-state index in [2.05, 4.69) is 9.72 Å². The molecule has 0 atom stereocenters. The Kier molecular flexibility index (Phi) is 3.38. The van der Waals surface area contributed by atoms with Gasteiger partial charge in [0.2, 0.25) is 0 Å². The van der Waals surface area contributed by atoms with Crippen molar-refractivity contribution in [3.05, 3.63) is 34.8 Å². The van der Waals surface area contributed by atoms with Gasteiger partial charge in [-0.3, -0.25) is 4.79 Å². The maximum Gasteiger partial charge on any atom is 0.178 e. The molecule has 0 fully saturated rings. The van der Waals surface area contributed by atoms with E-state index in [1.807, 2.05) is 0 Å². The van der Waals surface area contributed by atoms with Crippen molar-refractivity contribution in [2.45, 2.75) is 6.92 Å². The molecule has 2 aromatic rings. The van der Waals surface area contributed by atoms with Gasteiger partial charge in [0, 0.05) is 23.9 Å². The van der Waals surface area contributed by atoms with Crippen molar-refractivity contribution in [1.82, 2.24) is 4.98 Å². The SMILES string of the molecule is COc1cc(F)c(-c2nc(C(C)=O)cs2)cc1F. The number of carbonyl (C=O) groups excluding carboxylic acids is 1. The molecule has 0 saturated heterocycles. The van der Waals surface area contributed by atoms with Crippen molar-refractivity contribution in [3.63, 3.8) is 0 Å². The van der Waals surface area contributed by atoms with Gasteiger partial charge in [-0.1, -0.05) is 0 Å².